The molecule has 2 rings (SSSR count). The van der Waals surface area contributed by atoms with Crippen LogP contribution in [0.5, 0.6) is 5.75 Å². The topological polar surface area (TPSA) is 38.5 Å². The molecular formula is C14H21BrN2O. The summed E-state index contributed by atoms with van der Waals surface area (Å²) in [6.07, 6.45) is 2.65. The summed E-state index contributed by atoms with van der Waals surface area (Å²) in [4.78, 5) is 2.45. The minimum Gasteiger partial charge on any atom is -0.492 e. The molecule has 0 bridgehead atoms. The number of nitrogens with zero attached hydrogens (tertiary/aromatic N) is 1. The number of nitrogens with two attached hydrogens (primary N) is 1. The quantitative estimate of drug-likeness (QED) is 0.908. The smallest absolute Gasteiger partial charge is 0.124 e. The van der Waals surface area contributed by atoms with E-state index in [0.717, 1.165) is 28.9 Å². The number of rotatable bonds is 5. The van der Waals surface area contributed by atoms with E-state index in [9.17, 15) is 0 Å². The molecule has 100 valence electrons. The summed E-state index contributed by atoms with van der Waals surface area (Å²) in [5, 5.41) is 0. The molecule has 1 fully saturated rings. The zero-order valence-electron chi connectivity index (χ0n) is 10.9. The number of ether oxygens (including phenoxy) is 1. The molecule has 1 aromatic rings. The van der Waals surface area contributed by atoms with Crippen molar-refractivity contribution in [3.8, 4) is 5.75 Å². The number of hydrogen-bond acceptors (Lipinski definition) is 3. The van der Waals surface area contributed by atoms with Gasteiger partial charge in [-0.05, 0) is 51.1 Å². The van der Waals surface area contributed by atoms with E-state index in [1.807, 2.05) is 25.1 Å². The third-order valence-electron chi connectivity index (χ3n) is 3.33. The number of likely N-dealkylation sites (tertiary alicyclic amines) is 1. The largest absolute Gasteiger partial charge is 0.492 e. The van der Waals surface area contributed by atoms with Gasteiger partial charge in [-0.1, -0.05) is 15.9 Å². The van der Waals surface area contributed by atoms with Crippen LogP contribution in [-0.2, 0) is 0 Å². The Kier molecular flexibility index (Phi) is 5.03. The van der Waals surface area contributed by atoms with Gasteiger partial charge in [0.15, 0.2) is 0 Å². The Bertz CT molecular complexity index is 389. The van der Waals surface area contributed by atoms with Crippen LogP contribution in [-0.4, -0.2) is 31.1 Å². The van der Waals surface area contributed by atoms with E-state index in [2.05, 4.69) is 20.8 Å². The fourth-order valence-corrected chi connectivity index (χ4v) is 2.68. The van der Waals surface area contributed by atoms with E-state index in [0.29, 0.717) is 0 Å². The molecule has 1 atom stereocenters. The molecule has 0 spiro atoms. The molecule has 1 aromatic carbocycles. The van der Waals surface area contributed by atoms with Crippen molar-refractivity contribution in [1.29, 1.82) is 0 Å². The summed E-state index contributed by atoms with van der Waals surface area (Å²) < 4.78 is 6.92. The van der Waals surface area contributed by atoms with E-state index in [4.69, 9.17) is 10.5 Å². The highest BCUT2D eigenvalue weighted by molar-refractivity contribution is 9.10. The predicted molar refractivity (Wildman–Crippen MR) is 77.9 cm³/mol. The maximum absolute atomic E-state index is 5.97. The molecule has 18 heavy (non-hydrogen) atoms. The van der Waals surface area contributed by atoms with Crippen molar-refractivity contribution >= 4 is 15.9 Å². The Morgan fingerprint density at radius 1 is 1.39 bits per heavy atom. The van der Waals surface area contributed by atoms with Crippen LogP contribution >= 0.6 is 15.9 Å². The lowest BCUT2D eigenvalue weighted by molar-refractivity contribution is 0.236. The Balaban J connectivity index is 1.91. The molecule has 1 aliphatic heterocycles. The molecule has 2 N–H and O–H groups in total. The summed E-state index contributed by atoms with van der Waals surface area (Å²) in [5.74, 6) is 0.910. The highest BCUT2D eigenvalue weighted by Gasteiger charge is 2.12. The molecule has 0 amide bonds. The minimum absolute atomic E-state index is 0.00992. The van der Waals surface area contributed by atoms with Crippen molar-refractivity contribution in [2.45, 2.75) is 25.8 Å². The Labute approximate surface area is 117 Å². The summed E-state index contributed by atoms with van der Waals surface area (Å²) in [6, 6.07) is 6.02. The number of hydrogen-bond donors (Lipinski definition) is 1. The van der Waals surface area contributed by atoms with Crippen LogP contribution in [0.15, 0.2) is 22.7 Å². The first-order valence-electron chi connectivity index (χ1n) is 6.57. The highest BCUT2D eigenvalue weighted by Crippen LogP contribution is 2.27. The van der Waals surface area contributed by atoms with Crippen LogP contribution in [0.3, 0.4) is 0 Å². The average molecular weight is 313 g/mol. The third kappa shape index (κ3) is 3.70. The average Bonchev–Trinajstić information content (AvgIpc) is 2.84. The molecular weight excluding hydrogens is 292 g/mol. The van der Waals surface area contributed by atoms with Gasteiger partial charge in [0.2, 0.25) is 0 Å². The van der Waals surface area contributed by atoms with Gasteiger partial charge in [-0.2, -0.15) is 0 Å². The van der Waals surface area contributed by atoms with Crippen molar-refractivity contribution in [1.82, 2.24) is 4.90 Å². The highest BCUT2D eigenvalue weighted by atomic mass is 79.9. The molecule has 0 radical (unpaired) electrons. The SMILES string of the molecule is C[C@@H](N)c1cc(Br)ccc1OCCN1CCCC1. The molecule has 1 saturated heterocycles. The van der Waals surface area contributed by atoms with Crippen LogP contribution in [0, 0.1) is 0 Å². The molecule has 0 aliphatic carbocycles. The maximum Gasteiger partial charge on any atom is 0.124 e. The lowest BCUT2D eigenvalue weighted by Gasteiger charge is -2.18. The maximum atomic E-state index is 5.97. The molecule has 0 saturated carbocycles. The lowest BCUT2D eigenvalue weighted by atomic mass is 10.1. The standard InChI is InChI=1S/C14H21BrN2O/c1-11(16)13-10-12(15)4-5-14(13)18-9-8-17-6-2-3-7-17/h4-5,10-11H,2-3,6-9,16H2,1H3/t11-/m1/s1. The van der Waals surface area contributed by atoms with Gasteiger partial charge in [-0.15, -0.1) is 0 Å². The van der Waals surface area contributed by atoms with Crippen molar-refractivity contribution in [3.63, 3.8) is 0 Å². The van der Waals surface area contributed by atoms with Gasteiger partial charge in [-0.25, -0.2) is 0 Å². The molecule has 0 unspecified atom stereocenters. The van der Waals surface area contributed by atoms with E-state index in [1.54, 1.807) is 0 Å². The second kappa shape index (κ2) is 6.55. The van der Waals surface area contributed by atoms with Crippen molar-refractivity contribution in [2.75, 3.05) is 26.2 Å². The third-order valence-corrected chi connectivity index (χ3v) is 3.82. The zero-order chi connectivity index (χ0) is 13.0. The van der Waals surface area contributed by atoms with Crippen LogP contribution in [0.4, 0.5) is 0 Å². The predicted octanol–water partition coefficient (Wildman–Crippen LogP) is 2.94. The monoisotopic (exact) mass is 312 g/mol. The minimum atomic E-state index is -0.00992. The van der Waals surface area contributed by atoms with Crippen LogP contribution in [0.25, 0.3) is 0 Å². The first-order valence-corrected chi connectivity index (χ1v) is 7.36. The Morgan fingerprint density at radius 2 is 2.11 bits per heavy atom. The van der Waals surface area contributed by atoms with Gasteiger partial charge in [0.25, 0.3) is 0 Å². The van der Waals surface area contributed by atoms with Crippen molar-refractivity contribution in [3.05, 3.63) is 28.2 Å². The van der Waals surface area contributed by atoms with Gasteiger partial charge in [0.05, 0.1) is 0 Å². The molecule has 3 nitrogen and oxygen atoms in total. The Morgan fingerprint density at radius 3 is 2.78 bits per heavy atom. The van der Waals surface area contributed by atoms with Crippen molar-refractivity contribution < 1.29 is 4.74 Å². The van der Waals surface area contributed by atoms with E-state index < -0.39 is 0 Å². The second-order valence-corrected chi connectivity index (χ2v) is 5.78. The summed E-state index contributed by atoms with van der Waals surface area (Å²) in [5.41, 5.74) is 7.03. The van der Waals surface area contributed by atoms with Crippen molar-refractivity contribution in [2.24, 2.45) is 5.73 Å². The molecule has 4 heteroatoms. The summed E-state index contributed by atoms with van der Waals surface area (Å²) >= 11 is 3.47. The normalized spacial score (nSPS) is 17.9. The van der Waals surface area contributed by atoms with E-state index >= 15 is 0 Å². The Hall–Kier alpha value is -0.580. The van der Waals surface area contributed by atoms with Gasteiger partial charge in [0.1, 0.15) is 12.4 Å². The van der Waals surface area contributed by atoms with Crippen LogP contribution in [0.1, 0.15) is 31.4 Å². The van der Waals surface area contributed by atoms with Crippen LogP contribution < -0.4 is 10.5 Å². The fourth-order valence-electron chi connectivity index (χ4n) is 2.30. The first kappa shape index (κ1) is 13.8. The molecule has 1 heterocycles. The van der Waals surface area contributed by atoms with Gasteiger partial charge < -0.3 is 10.5 Å². The molecule has 0 aromatic heterocycles. The fraction of sp³-hybridized carbons (Fsp3) is 0.571. The second-order valence-electron chi connectivity index (χ2n) is 4.87. The zero-order valence-corrected chi connectivity index (χ0v) is 12.4. The van der Waals surface area contributed by atoms with Crippen LogP contribution in [0.2, 0.25) is 0 Å². The summed E-state index contributed by atoms with van der Waals surface area (Å²) in [7, 11) is 0. The van der Waals surface area contributed by atoms with Gasteiger partial charge in [-0.3, -0.25) is 4.90 Å². The number of halogens is 1. The number of benzene rings is 1. The molecule has 1 aliphatic rings. The van der Waals surface area contributed by atoms with E-state index in [-0.39, 0.29) is 6.04 Å². The first-order chi connectivity index (χ1) is 8.66. The van der Waals surface area contributed by atoms with Gasteiger partial charge >= 0.3 is 0 Å². The van der Waals surface area contributed by atoms with Gasteiger partial charge in [0, 0.05) is 22.6 Å². The summed E-state index contributed by atoms with van der Waals surface area (Å²) in [6.45, 7) is 6.15. The van der Waals surface area contributed by atoms with E-state index in [1.165, 1.54) is 25.9 Å². The lowest BCUT2D eigenvalue weighted by Crippen LogP contribution is -2.25.